The third-order valence-corrected chi connectivity index (χ3v) is 2.52. The zero-order valence-electron chi connectivity index (χ0n) is 8.05. The summed E-state index contributed by atoms with van der Waals surface area (Å²) in [6.07, 6.45) is -2.01. The molecule has 0 aromatic rings. The quantitative estimate of drug-likeness (QED) is 0.550. The third kappa shape index (κ3) is 2.40. The maximum Gasteiger partial charge on any atom is 0.109 e. The molecule has 0 aromatic heterocycles. The Morgan fingerprint density at radius 3 is 2.46 bits per heavy atom. The monoisotopic (exact) mass is 190 g/mol. The summed E-state index contributed by atoms with van der Waals surface area (Å²) < 4.78 is 5.42. The molecule has 78 valence electrons. The third-order valence-electron chi connectivity index (χ3n) is 2.52. The zero-order valence-corrected chi connectivity index (χ0v) is 8.05. The van der Waals surface area contributed by atoms with Crippen LogP contribution in [0.3, 0.4) is 0 Å². The highest BCUT2D eigenvalue weighted by atomic mass is 16.5. The Bertz CT molecular complexity index is 160. The van der Waals surface area contributed by atoms with E-state index < -0.39 is 18.3 Å². The molecule has 1 heterocycles. The van der Waals surface area contributed by atoms with Gasteiger partial charge in [-0.25, -0.2) is 0 Å². The second kappa shape index (κ2) is 4.37. The molecule has 0 aromatic carbocycles. The van der Waals surface area contributed by atoms with Crippen molar-refractivity contribution in [1.29, 1.82) is 0 Å². The average molecular weight is 190 g/mol. The summed E-state index contributed by atoms with van der Waals surface area (Å²) in [6.45, 7) is 3.73. The summed E-state index contributed by atoms with van der Waals surface area (Å²) in [5, 5.41) is 27.7. The van der Waals surface area contributed by atoms with E-state index in [-0.39, 0.29) is 18.6 Å². The minimum absolute atomic E-state index is 0.0736. The molecule has 0 saturated carbocycles. The van der Waals surface area contributed by atoms with Gasteiger partial charge in [-0.2, -0.15) is 0 Å². The molecule has 4 atom stereocenters. The van der Waals surface area contributed by atoms with Gasteiger partial charge in [-0.15, -0.1) is 0 Å². The molecule has 13 heavy (non-hydrogen) atoms. The van der Waals surface area contributed by atoms with Crippen LogP contribution in [0.2, 0.25) is 0 Å². The molecule has 4 nitrogen and oxygen atoms in total. The van der Waals surface area contributed by atoms with Crippen LogP contribution in [-0.2, 0) is 4.74 Å². The Morgan fingerprint density at radius 2 is 2.00 bits per heavy atom. The van der Waals surface area contributed by atoms with Gasteiger partial charge < -0.3 is 20.1 Å². The highest BCUT2D eigenvalue weighted by molar-refractivity contribution is 4.85. The van der Waals surface area contributed by atoms with Gasteiger partial charge >= 0.3 is 0 Å². The van der Waals surface area contributed by atoms with Crippen LogP contribution in [0.25, 0.3) is 0 Å². The minimum atomic E-state index is -0.958. The van der Waals surface area contributed by atoms with Gasteiger partial charge in [0, 0.05) is 6.42 Å². The molecule has 1 fully saturated rings. The second-order valence-corrected chi connectivity index (χ2v) is 3.93. The summed E-state index contributed by atoms with van der Waals surface area (Å²) in [6, 6.07) is 0. The summed E-state index contributed by atoms with van der Waals surface area (Å²) in [5.41, 5.74) is 0. The highest BCUT2D eigenvalue weighted by Gasteiger charge is 2.37. The van der Waals surface area contributed by atoms with Crippen molar-refractivity contribution in [3.63, 3.8) is 0 Å². The van der Waals surface area contributed by atoms with Gasteiger partial charge in [0.1, 0.15) is 12.2 Å². The molecule has 0 bridgehead atoms. The largest absolute Gasteiger partial charge is 0.394 e. The Hall–Kier alpha value is -0.160. The topological polar surface area (TPSA) is 69.9 Å². The summed E-state index contributed by atoms with van der Waals surface area (Å²) >= 11 is 0. The molecule has 3 N–H and O–H groups in total. The lowest BCUT2D eigenvalue weighted by Gasteiger charge is -2.38. The molecule has 0 aliphatic carbocycles. The van der Waals surface area contributed by atoms with E-state index in [9.17, 15) is 10.2 Å². The molecule has 0 radical (unpaired) electrons. The van der Waals surface area contributed by atoms with Crippen molar-refractivity contribution in [2.45, 2.75) is 44.7 Å². The van der Waals surface area contributed by atoms with Crippen molar-refractivity contribution < 1.29 is 20.1 Å². The van der Waals surface area contributed by atoms with Crippen LogP contribution in [0.1, 0.15) is 20.3 Å². The maximum absolute atomic E-state index is 9.46. The SMILES string of the molecule is CC(C)C1CC(O)C(O)C(CO)O1. The number of hydrogen-bond acceptors (Lipinski definition) is 4. The fraction of sp³-hybridized carbons (Fsp3) is 1.00. The zero-order chi connectivity index (χ0) is 10.0. The van der Waals surface area contributed by atoms with Crippen molar-refractivity contribution in [2.24, 2.45) is 5.92 Å². The van der Waals surface area contributed by atoms with Gasteiger partial charge in [-0.1, -0.05) is 13.8 Å². The predicted octanol–water partition coefficient (Wildman–Crippen LogP) is -0.486. The smallest absolute Gasteiger partial charge is 0.109 e. The van der Waals surface area contributed by atoms with E-state index in [0.29, 0.717) is 6.42 Å². The summed E-state index contributed by atoms with van der Waals surface area (Å²) in [4.78, 5) is 0. The second-order valence-electron chi connectivity index (χ2n) is 3.93. The molecule has 0 amide bonds. The highest BCUT2D eigenvalue weighted by Crippen LogP contribution is 2.24. The first-order valence-corrected chi connectivity index (χ1v) is 4.68. The van der Waals surface area contributed by atoms with E-state index in [1.165, 1.54) is 0 Å². The fourth-order valence-electron chi connectivity index (χ4n) is 1.57. The first-order chi connectivity index (χ1) is 6.06. The predicted molar refractivity (Wildman–Crippen MR) is 47.2 cm³/mol. The van der Waals surface area contributed by atoms with Crippen molar-refractivity contribution in [2.75, 3.05) is 6.61 Å². The number of ether oxygens (including phenoxy) is 1. The molecule has 1 aliphatic heterocycles. The van der Waals surface area contributed by atoms with Crippen LogP contribution in [0.5, 0.6) is 0 Å². The van der Waals surface area contributed by atoms with E-state index in [1.807, 2.05) is 13.8 Å². The Morgan fingerprint density at radius 1 is 1.38 bits per heavy atom. The van der Waals surface area contributed by atoms with Gasteiger partial charge in [-0.05, 0) is 5.92 Å². The van der Waals surface area contributed by atoms with Gasteiger partial charge in [0.2, 0.25) is 0 Å². The lowest BCUT2D eigenvalue weighted by molar-refractivity contribution is -0.189. The Balaban J connectivity index is 2.58. The molecular weight excluding hydrogens is 172 g/mol. The molecule has 0 spiro atoms. The molecule has 1 saturated heterocycles. The molecule has 4 heteroatoms. The Labute approximate surface area is 78.1 Å². The molecular formula is C9H18O4. The number of rotatable bonds is 2. The van der Waals surface area contributed by atoms with E-state index in [2.05, 4.69) is 0 Å². The van der Waals surface area contributed by atoms with E-state index in [1.54, 1.807) is 0 Å². The van der Waals surface area contributed by atoms with Crippen molar-refractivity contribution in [1.82, 2.24) is 0 Å². The van der Waals surface area contributed by atoms with Crippen LogP contribution in [-0.4, -0.2) is 46.3 Å². The average Bonchev–Trinajstić information content (AvgIpc) is 2.09. The normalized spacial score (nSPS) is 41.1. The lowest BCUT2D eigenvalue weighted by Crippen LogP contribution is -2.51. The van der Waals surface area contributed by atoms with Crippen LogP contribution in [0.4, 0.5) is 0 Å². The van der Waals surface area contributed by atoms with E-state index >= 15 is 0 Å². The molecule has 1 rings (SSSR count). The fourth-order valence-corrected chi connectivity index (χ4v) is 1.57. The van der Waals surface area contributed by atoms with Crippen LogP contribution in [0.15, 0.2) is 0 Å². The van der Waals surface area contributed by atoms with Gasteiger partial charge in [0.25, 0.3) is 0 Å². The van der Waals surface area contributed by atoms with Crippen molar-refractivity contribution in [3.05, 3.63) is 0 Å². The van der Waals surface area contributed by atoms with Gasteiger partial charge in [-0.3, -0.25) is 0 Å². The Kier molecular flexibility index (Phi) is 3.67. The molecule has 1 aliphatic rings. The van der Waals surface area contributed by atoms with Crippen molar-refractivity contribution >= 4 is 0 Å². The molecule has 4 unspecified atom stereocenters. The lowest BCUT2D eigenvalue weighted by atomic mass is 9.92. The first-order valence-electron chi connectivity index (χ1n) is 4.68. The number of aliphatic hydroxyl groups is 3. The van der Waals surface area contributed by atoms with Gasteiger partial charge in [0.05, 0.1) is 18.8 Å². The van der Waals surface area contributed by atoms with E-state index in [0.717, 1.165) is 0 Å². The summed E-state index contributed by atoms with van der Waals surface area (Å²) in [5.74, 6) is 0.288. The number of hydrogen-bond donors (Lipinski definition) is 3. The maximum atomic E-state index is 9.46. The van der Waals surface area contributed by atoms with Crippen molar-refractivity contribution in [3.8, 4) is 0 Å². The van der Waals surface area contributed by atoms with Crippen LogP contribution >= 0.6 is 0 Å². The standard InChI is InChI=1S/C9H18O4/c1-5(2)7-3-6(11)9(12)8(4-10)13-7/h5-12H,3-4H2,1-2H3. The van der Waals surface area contributed by atoms with Crippen LogP contribution in [0, 0.1) is 5.92 Å². The minimum Gasteiger partial charge on any atom is -0.394 e. The van der Waals surface area contributed by atoms with Crippen LogP contribution < -0.4 is 0 Å². The van der Waals surface area contributed by atoms with E-state index in [4.69, 9.17) is 9.84 Å². The summed E-state index contributed by atoms with van der Waals surface area (Å²) in [7, 11) is 0. The number of aliphatic hydroxyl groups excluding tert-OH is 3. The first kappa shape index (κ1) is 10.9. The van der Waals surface area contributed by atoms with Gasteiger partial charge in [0.15, 0.2) is 0 Å².